The van der Waals surface area contributed by atoms with Gasteiger partial charge in [0.2, 0.25) is 0 Å². The number of aryl methyl sites for hydroxylation is 2. The molecule has 0 unspecified atom stereocenters. The van der Waals surface area contributed by atoms with Crippen molar-refractivity contribution < 1.29 is 4.79 Å². The molecule has 0 saturated heterocycles. The lowest BCUT2D eigenvalue weighted by molar-refractivity contribution is 0.0954. The number of benzene rings is 2. The van der Waals surface area contributed by atoms with Crippen LogP contribution in [0.1, 0.15) is 27.0 Å². The molecule has 0 spiro atoms. The maximum Gasteiger partial charge on any atom is 0.251 e. The Balaban J connectivity index is 1.55. The number of para-hydroxylation sites is 1. The average molecular weight is 294 g/mol. The lowest BCUT2D eigenvalue weighted by atomic mass is 10.1. The summed E-state index contributed by atoms with van der Waals surface area (Å²) in [5.41, 5.74) is 5.82. The predicted octanol–water partition coefficient (Wildman–Crippen LogP) is 3.10. The highest BCUT2D eigenvalue weighted by Gasteiger charge is 2.17. The van der Waals surface area contributed by atoms with Gasteiger partial charge in [0.25, 0.3) is 5.91 Å². The highest BCUT2D eigenvalue weighted by Crippen LogP contribution is 2.26. The number of rotatable bonds is 4. The van der Waals surface area contributed by atoms with Gasteiger partial charge in [0.05, 0.1) is 0 Å². The number of carbonyl (C=O) groups is 1. The van der Waals surface area contributed by atoms with Crippen LogP contribution in [-0.4, -0.2) is 25.5 Å². The zero-order valence-electron chi connectivity index (χ0n) is 13.2. The minimum absolute atomic E-state index is 0.00980. The smallest absolute Gasteiger partial charge is 0.251 e. The molecule has 3 rings (SSSR count). The molecular formula is C19H22N2O. The topological polar surface area (TPSA) is 32.3 Å². The standard InChI is InChI=1S/C19H22N2O/c1-14-7-8-17(13-15(14)2)19(22)20-10-12-21-11-9-16-5-3-4-6-18(16)21/h3-8,13H,9-12H2,1-2H3,(H,20,22). The molecule has 22 heavy (non-hydrogen) atoms. The van der Waals surface area contributed by atoms with Crippen molar-refractivity contribution >= 4 is 11.6 Å². The Labute approximate surface area is 132 Å². The van der Waals surface area contributed by atoms with Gasteiger partial charge in [0.15, 0.2) is 0 Å². The van der Waals surface area contributed by atoms with Gasteiger partial charge in [-0.1, -0.05) is 24.3 Å². The molecular weight excluding hydrogens is 272 g/mol. The Morgan fingerprint density at radius 3 is 2.77 bits per heavy atom. The molecule has 1 aliphatic heterocycles. The van der Waals surface area contributed by atoms with Crippen molar-refractivity contribution in [1.29, 1.82) is 0 Å². The van der Waals surface area contributed by atoms with E-state index in [-0.39, 0.29) is 5.91 Å². The Bertz CT molecular complexity index is 694. The third-order valence-electron chi connectivity index (χ3n) is 4.42. The van der Waals surface area contributed by atoms with Crippen LogP contribution in [0, 0.1) is 13.8 Å². The summed E-state index contributed by atoms with van der Waals surface area (Å²) in [7, 11) is 0. The van der Waals surface area contributed by atoms with Crippen molar-refractivity contribution in [3.05, 3.63) is 64.7 Å². The Morgan fingerprint density at radius 1 is 1.14 bits per heavy atom. The zero-order chi connectivity index (χ0) is 15.5. The predicted molar refractivity (Wildman–Crippen MR) is 90.6 cm³/mol. The SMILES string of the molecule is Cc1ccc(C(=O)NCCN2CCc3ccccc32)cc1C. The first-order valence-corrected chi connectivity index (χ1v) is 7.83. The molecule has 3 nitrogen and oxygen atoms in total. The van der Waals surface area contributed by atoms with E-state index in [0.717, 1.165) is 30.6 Å². The van der Waals surface area contributed by atoms with Gasteiger partial charge in [-0.15, -0.1) is 0 Å². The van der Waals surface area contributed by atoms with Crippen molar-refractivity contribution in [1.82, 2.24) is 5.32 Å². The van der Waals surface area contributed by atoms with Crippen LogP contribution in [0.3, 0.4) is 0 Å². The Kier molecular flexibility index (Phi) is 4.14. The number of carbonyl (C=O) groups excluding carboxylic acids is 1. The van der Waals surface area contributed by atoms with Gasteiger partial charge in [-0.2, -0.15) is 0 Å². The van der Waals surface area contributed by atoms with Crippen molar-refractivity contribution in [3.63, 3.8) is 0 Å². The lowest BCUT2D eigenvalue weighted by Crippen LogP contribution is -2.34. The number of amides is 1. The maximum atomic E-state index is 12.2. The molecule has 0 bridgehead atoms. The molecule has 2 aromatic rings. The second-order valence-electron chi connectivity index (χ2n) is 5.92. The summed E-state index contributed by atoms with van der Waals surface area (Å²) in [6.45, 7) is 6.65. The fourth-order valence-electron chi connectivity index (χ4n) is 2.93. The van der Waals surface area contributed by atoms with Crippen LogP contribution in [0.5, 0.6) is 0 Å². The molecule has 0 fully saturated rings. The third kappa shape index (κ3) is 2.98. The summed E-state index contributed by atoms with van der Waals surface area (Å²) in [6.07, 6.45) is 1.10. The summed E-state index contributed by atoms with van der Waals surface area (Å²) in [5.74, 6) is 0.00980. The summed E-state index contributed by atoms with van der Waals surface area (Å²) >= 11 is 0. The molecule has 1 amide bonds. The van der Waals surface area contributed by atoms with Crippen LogP contribution in [0.15, 0.2) is 42.5 Å². The van der Waals surface area contributed by atoms with Gasteiger partial charge in [-0.05, 0) is 55.2 Å². The number of nitrogens with one attached hydrogen (secondary N) is 1. The van der Waals surface area contributed by atoms with E-state index in [1.54, 1.807) is 0 Å². The first-order valence-electron chi connectivity index (χ1n) is 7.83. The van der Waals surface area contributed by atoms with Gasteiger partial charge >= 0.3 is 0 Å². The van der Waals surface area contributed by atoms with Crippen LogP contribution in [0.4, 0.5) is 5.69 Å². The molecule has 0 saturated carbocycles. The fourth-order valence-corrected chi connectivity index (χ4v) is 2.93. The molecule has 3 heteroatoms. The van der Waals surface area contributed by atoms with Gasteiger partial charge in [0, 0.05) is 30.9 Å². The van der Waals surface area contributed by atoms with Crippen molar-refractivity contribution in [2.24, 2.45) is 0 Å². The van der Waals surface area contributed by atoms with E-state index in [4.69, 9.17) is 0 Å². The third-order valence-corrected chi connectivity index (χ3v) is 4.42. The molecule has 1 N–H and O–H groups in total. The fraction of sp³-hybridized carbons (Fsp3) is 0.316. The molecule has 2 aromatic carbocycles. The van der Waals surface area contributed by atoms with E-state index in [0.29, 0.717) is 6.54 Å². The van der Waals surface area contributed by atoms with E-state index >= 15 is 0 Å². The maximum absolute atomic E-state index is 12.2. The number of hydrogen-bond acceptors (Lipinski definition) is 2. The minimum atomic E-state index is 0.00980. The van der Waals surface area contributed by atoms with Crippen LogP contribution in [-0.2, 0) is 6.42 Å². The summed E-state index contributed by atoms with van der Waals surface area (Å²) in [6, 6.07) is 14.4. The summed E-state index contributed by atoms with van der Waals surface area (Å²) < 4.78 is 0. The normalized spacial score (nSPS) is 13.1. The van der Waals surface area contributed by atoms with Gasteiger partial charge in [-0.3, -0.25) is 4.79 Å². The number of anilines is 1. The van der Waals surface area contributed by atoms with Crippen LogP contribution in [0.2, 0.25) is 0 Å². The molecule has 0 atom stereocenters. The molecule has 0 radical (unpaired) electrons. The number of nitrogens with zero attached hydrogens (tertiary/aromatic N) is 1. The molecule has 1 heterocycles. The van der Waals surface area contributed by atoms with Crippen molar-refractivity contribution in [2.75, 3.05) is 24.5 Å². The number of fused-ring (bicyclic) bond motifs is 1. The highest BCUT2D eigenvalue weighted by atomic mass is 16.1. The summed E-state index contributed by atoms with van der Waals surface area (Å²) in [5, 5.41) is 3.02. The van der Waals surface area contributed by atoms with E-state index < -0.39 is 0 Å². The van der Waals surface area contributed by atoms with Crippen LogP contribution in [0.25, 0.3) is 0 Å². The highest BCUT2D eigenvalue weighted by molar-refractivity contribution is 5.94. The Hall–Kier alpha value is -2.29. The number of hydrogen-bond donors (Lipinski definition) is 1. The van der Waals surface area contributed by atoms with Gasteiger partial charge in [-0.25, -0.2) is 0 Å². The van der Waals surface area contributed by atoms with Crippen LogP contribution < -0.4 is 10.2 Å². The molecule has 0 aromatic heterocycles. The Morgan fingerprint density at radius 2 is 1.95 bits per heavy atom. The monoisotopic (exact) mass is 294 g/mol. The van der Waals surface area contributed by atoms with Crippen molar-refractivity contribution in [2.45, 2.75) is 20.3 Å². The molecule has 1 aliphatic rings. The first kappa shape index (κ1) is 14.6. The largest absolute Gasteiger partial charge is 0.369 e. The van der Waals surface area contributed by atoms with E-state index in [9.17, 15) is 4.79 Å². The second-order valence-corrected chi connectivity index (χ2v) is 5.92. The molecule has 0 aliphatic carbocycles. The van der Waals surface area contributed by atoms with E-state index in [1.807, 2.05) is 25.1 Å². The zero-order valence-corrected chi connectivity index (χ0v) is 13.2. The van der Waals surface area contributed by atoms with Crippen molar-refractivity contribution in [3.8, 4) is 0 Å². The summed E-state index contributed by atoms with van der Waals surface area (Å²) in [4.78, 5) is 14.5. The second kappa shape index (κ2) is 6.22. The lowest BCUT2D eigenvalue weighted by Gasteiger charge is -2.19. The van der Waals surface area contributed by atoms with Crippen LogP contribution >= 0.6 is 0 Å². The minimum Gasteiger partial charge on any atom is -0.369 e. The quantitative estimate of drug-likeness (QED) is 0.940. The molecule has 114 valence electrons. The average Bonchev–Trinajstić information content (AvgIpc) is 2.93. The van der Waals surface area contributed by atoms with Gasteiger partial charge in [0.1, 0.15) is 0 Å². The first-order chi connectivity index (χ1) is 10.6. The van der Waals surface area contributed by atoms with Gasteiger partial charge < -0.3 is 10.2 Å². The van der Waals surface area contributed by atoms with E-state index in [2.05, 4.69) is 41.4 Å². The van der Waals surface area contributed by atoms with E-state index in [1.165, 1.54) is 16.8 Å².